The molecule has 1 amide bonds. The first-order valence-electron chi connectivity index (χ1n) is 6.39. The van der Waals surface area contributed by atoms with Gasteiger partial charge in [-0.25, -0.2) is 4.98 Å². The zero-order valence-electron chi connectivity index (χ0n) is 11.0. The van der Waals surface area contributed by atoms with Crippen LogP contribution in [0.4, 0.5) is 0 Å². The number of methoxy groups -OCH3 is 1. The van der Waals surface area contributed by atoms with Crippen LogP contribution in [0, 0.1) is 6.92 Å². The molecule has 0 unspecified atom stereocenters. The average Bonchev–Trinajstić information content (AvgIpc) is 2.65. The highest BCUT2D eigenvalue weighted by molar-refractivity contribution is 5.92. The summed E-state index contributed by atoms with van der Waals surface area (Å²) in [6, 6.07) is 1.98. The van der Waals surface area contributed by atoms with E-state index in [9.17, 15) is 4.79 Å². The molecule has 0 bridgehead atoms. The summed E-state index contributed by atoms with van der Waals surface area (Å²) in [7, 11) is 1.51. The summed E-state index contributed by atoms with van der Waals surface area (Å²) in [5.74, 6) is -0.0132. The number of carbonyl (C=O) groups excluding carboxylic acids is 1. The van der Waals surface area contributed by atoms with Crippen molar-refractivity contribution in [2.75, 3.05) is 20.2 Å². The number of hydrogen-bond acceptors (Lipinski definition) is 4. The van der Waals surface area contributed by atoms with Gasteiger partial charge in [0.2, 0.25) is 0 Å². The van der Waals surface area contributed by atoms with Gasteiger partial charge in [0.1, 0.15) is 5.69 Å². The van der Waals surface area contributed by atoms with E-state index in [0.29, 0.717) is 5.69 Å². The number of aromatic nitrogens is 2. The predicted molar refractivity (Wildman–Crippen MR) is 67.7 cm³/mol. The molecule has 0 spiro atoms. The van der Waals surface area contributed by atoms with Crippen molar-refractivity contribution in [1.82, 2.24) is 14.9 Å². The second kappa shape index (κ2) is 5.80. The lowest BCUT2D eigenvalue weighted by Crippen LogP contribution is -2.32. The molecule has 5 nitrogen and oxygen atoms in total. The van der Waals surface area contributed by atoms with Crippen LogP contribution in [-0.4, -0.2) is 41.0 Å². The summed E-state index contributed by atoms with van der Waals surface area (Å²) in [4.78, 5) is 22.5. The summed E-state index contributed by atoms with van der Waals surface area (Å²) in [6.07, 6.45) is 4.56. The predicted octanol–water partition coefficient (Wildman–Crippen LogP) is 1.81. The monoisotopic (exact) mass is 249 g/mol. The number of carbonyl (C=O) groups is 1. The van der Waals surface area contributed by atoms with Gasteiger partial charge in [-0.05, 0) is 25.8 Å². The first kappa shape index (κ1) is 12.8. The van der Waals surface area contributed by atoms with Gasteiger partial charge >= 0.3 is 6.01 Å². The molecule has 2 rings (SSSR count). The molecule has 1 fully saturated rings. The van der Waals surface area contributed by atoms with E-state index in [1.54, 1.807) is 6.07 Å². The van der Waals surface area contributed by atoms with Gasteiger partial charge in [0, 0.05) is 18.8 Å². The smallest absolute Gasteiger partial charge is 0.317 e. The topological polar surface area (TPSA) is 55.3 Å². The molecule has 0 radical (unpaired) electrons. The molecule has 1 aliphatic rings. The second-order valence-corrected chi connectivity index (χ2v) is 4.59. The molecule has 1 aromatic heterocycles. The van der Waals surface area contributed by atoms with Gasteiger partial charge in [-0.1, -0.05) is 12.8 Å². The van der Waals surface area contributed by atoms with Crippen LogP contribution in [0.1, 0.15) is 41.9 Å². The fourth-order valence-electron chi connectivity index (χ4n) is 2.18. The fourth-order valence-corrected chi connectivity index (χ4v) is 2.18. The van der Waals surface area contributed by atoms with Crippen LogP contribution in [0.15, 0.2) is 6.07 Å². The zero-order valence-corrected chi connectivity index (χ0v) is 11.0. The van der Waals surface area contributed by atoms with Crippen molar-refractivity contribution in [2.24, 2.45) is 0 Å². The molecule has 0 aromatic carbocycles. The minimum absolute atomic E-state index is 0.0132. The Morgan fingerprint density at radius 3 is 2.50 bits per heavy atom. The number of amides is 1. The van der Waals surface area contributed by atoms with Crippen LogP contribution in [0.5, 0.6) is 6.01 Å². The minimum atomic E-state index is -0.0132. The Labute approximate surface area is 107 Å². The summed E-state index contributed by atoms with van der Waals surface area (Å²) in [6.45, 7) is 3.48. The third kappa shape index (κ3) is 2.97. The van der Waals surface area contributed by atoms with Crippen molar-refractivity contribution >= 4 is 5.91 Å². The average molecular weight is 249 g/mol. The van der Waals surface area contributed by atoms with Crippen molar-refractivity contribution in [3.05, 3.63) is 17.5 Å². The number of hydrogen-bond donors (Lipinski definition) is 0. The summed E-state index contributed by atoms with van der Waals surface area (Å²) in [5, 5.41) is 0. The Kier molecular flexibility index (Phi) is 4.12. The summed E-state index contributed by atoms with van der Waals surface area (Å²) in [5.41, 5.74) is 1.18. The first-order valence-corrected chi connectivity index (χ1v) is 6.39. The van der Waals surface area contributed by atoms with E-state index < -0.39 is 0 Å². The van der Waals surface area contributed by atoms with Crippen LogP contribution in [0.25, 0.3) is 0 Å². The number of nitrogens with zero attached hydrogens (tertiary/aromatic N) is 3. The molecule has 98 valence electrons. The van der Waals surface area contributed by atoms with Crippen molar-refractivity contribution < 1.29 is 9.53 Å². The Balaban J connectivity index is 2.18. The van der Waals surface area contributed by atoms with Gasteiger partial charge < -0.3 is 9.64 Å². The van der Waals surface area contributed by atoms with Gasteiger partial charge in [-0.2, -0.15) is 4.98 Å². The molecule has 0 atom stereocenters. The molecule has 1 saturated heterocycles. The van der Waals surface area contributed by atoms with Gasteiger partial charge in [0.25, 0.3) is 5.91 Å². The van der Waals surface area contributed by atoms with Crippen LogP contribution in [-0.2, 0) is 0 Å². The number of rotatable bonds is 2. The second-order valence-electron chi connectivity index (χ2n) is 4.59. The van der Waals surface area contributed by atoms with Crippen LogP contribution in [0.2, 0.25) is 0 Å². The van der Waals surface area contributed by atoms with Gasteiger partial charge in [0.05, 0.1) is 7.11 Å². The van der Waals surface area contributed by atoms with Crippen LogP contribution >= 0.6 is 0 Å². The van der Waals surface area contributed by atoms with Crippen LogP contribution < -0.4 is 4.74 Å². The maximum Gasteiger partial charge on any atom is 0.317 e. The third-order valence-electron chi connectivity index (χ3n) is 3.13. The van der Waals surface area contributed by atoms with Crippen molar-refractivity contribution in [3.63, 3.8) is 0 Å². The van der Waals surface area contributed by atoms with Gasteiger partial charge in [-0.3, -0.25) is 4.79 Å². The molecule has 0 saturated carbocycles. The number of aryl methyl sites for hydroxylation is 1. The van der Waals surface area contributed by atoms with E-state index in [0.717, 1.165) is 31.6 Å². The van der Waals surface area contributed by atoms with E-state index in [-0.39, 0.29) is 11.9 Å². The highest BCUT2D eigenvalue weighted by atomic mass is 16.5. The van der Waals surface area contributed by atoms with E-state index >= 15 is 0 Å². The Hall–Kier alpha value is -1.65. The Morgan fingerprint density at radius 1 is 1.22 bits per heavy atom. The highest BCUT2D eigenvalue weighted by Gasteiger charge is 2.19. The first-order chi connectivity index (χ1) is 8.70. The molecule has 5 heteroatoms. The molecule has 1 aliphatic heterocycles. The third-order valence-corrected chi connectivity index (χ3v) is 3.13. The maximum atomic E-state index is 12.4. The van der Waals surface area contributed by atoms with Gasteiger partial charge in [0.15, 0.2) is 0 Å². The standard InChI is InChI=1S/C13H19N3O2/c1-10-9-11(15-13(14-10)18-2)12(17)16-7-5-3-4-6-8-16/h9H,3-8H2,1-2H3. The molecule has 1 aromatic rings. The quantitative estimate of drug-likeness (QED) is 0.802. The zero-order chi connectivity index (χ0) is 13.0. The van der Waals surface area contributed by atoms with E-state index in [4.69, 9.17) is 4.74 Å². The Bertz CT molecular complexity index is 426. The summed E-state index contributed by atoms with van der Waals surface area (Å²) >= 11 is 0. The van der Waals surface area contributed by atoms with Gasteiger partial charge in [-0.15, -0.1) is 0 Å². The SMILES string of the molecule is COc1nc(C)cc(C(=O)N2CCCCCC2)n1. The maximum absolute atomic E-state index is 12.4. The number of ether oxygens (including phenoxy) is 1. The largest absolute Gasteiger partial charge is 0.467 e. The molecule has 2 heterocycles. The normalized spacial score (nSPS) is 16.2. The number of likely N-dealkylation sites (tertiary alicyclic amines) is 1. The van der Waals surface area contributed by atoms with Crippen molar-refractivity contribution in [1.29, 1.82) is 0 Å². The lowest BCUT2D eigenvalue weighted by atomic mass is 10.2. The lowest BCUT2D eigenvalue weighted by Gasteiger charge is -2.19. The van der Waals surface area contributed by atoms with Crippen molar-refractivity contribution in [3.8, 4) is 6.01 Å². The molecular formula is C13H19N3O2. The molecule has 0 aliphatic carbocycles. The highest BCUT2D eigenvalue weighted by Crippen LogP contribution is 2.14. The van der Waals surface area contributed by atoms with E-state index in [2.05, 4.69) is 9.97 Å². The lowest BCUT2D eigenvalue weighted by molar-refractivity contribution is 0.0754. The molecule has 0 N–H and O–H groups in total. The summed E-state index contributed by atoms with van der Waals surface area (Å²) < 4.78 is 5.00. The fraction of sp³-hybridized carbons (Fsp3) is 0.615. The minimum Gasteiger partial charge on any atom is -0.467 e. The van der Waals surface area contributed by atoms with Crippen LogP contribution in [0.3, 0.4) is 0 Å². The molecular weight excluding hydrogens is 230 g/mol. The Morgan fingerprint density at radius 2 is 1.89 bits per heavy atom. The van der Waals surface area contributed by atoms with Crippen molar-refractivity contribution in [2.45, 2.75) is 32.6 Å². The van der Waals surface area contributed by atoms with E-state index in [1.165, 1.54) is 20.0 Å². The van der Waals surface area contributed by atoms with E-state index in [1.807, 2.05) is 11.8 Å². The molecule has 18 heavy (non-hydrogen) atoms.